The third kappa shape index (κ3) is 7.37. The van der Waals surface area contributed by atoms with E-state index in [0.29, 0.717) is 12.1 Å². The maximum Gasteiger partial charge on any atom is 0.248 e. The number of ketones is 1. The predicted octanol–water partition coefficient (Wildman–Crippen LogP) is 3.75. The number of allylic oxidation sites excluding steroid dienone is 1. The molecule has 0 radical (unpaired) electrons. The van der Waals surface area contributed by atoms with Gasteiger partial charge in [0, 0.05) is 12.1 Å². The molecular formula is C23H28N2O3. The number of ether oxygens (including phenoxy) is 1. The molecule has 0 aliphatic heterocycles. The molecule has 0 fully saturated rings. The van der Waals surface area contributed by atoms with Gasteiger partial charge in [0.25, 0.3) is 0 Å². The van der Waals surface area contributed by atoms with Gasteiger partial charge < -0.3 is 15.8 Å². The first-order chi connectivity index (χ1) is 13.5. The maximum atomic E-state index is 12.2. The van der Waals surface area contributed by atoms with Gasteiger partial charge in [0.2, 0.25) is 5.91 Å². The molecule has 1 amide bonds. The van der Waals surface area contributed by atoms with Crippen LogP contribution in [0.2, 0.25) is 0 Å². The van der Waals surface area contributed by atoms with Gasteiger partial charge in [0.05, 0.1) is 13.2 Å². The summed E-state index contributed by atoms with van der Waals surface area (Å²) in [7, 11) is 1.59. The van der Waals surface area contributed by atoms with Crippen molar-refractivity contribution in [3.05, 3.63) is 72.3 Å². The van der Waals surface area contributed by atoms with Gasteiger partial charge >= 0.3 is 0 Å². The Morgan fingerprint density at radius 2 is 1.79 bits per heavy atom. The van der Waals surface area contributed by atoms with Gasteiger partial charge in [-0.1, -0.05) is 36.4 Å². The zero-order valence-corrected chi connectivity index (χ0v) is 16.4. The summed E-state index contributed by atoms with van der Waals surface area (Å²) in [6.07, 6.45) is 5.24. The Labute approximate surface area is 166 Å². The molecule has 5 nitrogen and oxygen atoms in total. The van der Waals surface area contributed by atoms with E-state index in [1.54, 1.807) is 38.3 Å². The zero-order valence-electron chi connectivity index (χ0n) is 16.4. The number of hydrogen-bond donors (Lipinski definition) is 2. The highest BCUT2D eigenvalue weighted by Crippen LogP contribution is 2.17. The van der Waals surface area contributed by atoms with Crippen LogP contribution in [-0.4, -0.2) is 24.8 Å². The van der Waals surface area contributed by atoms with Gasteiger partial charge in [-0.25, -0.2) is 0 Å². The molecule has 2 atom stereocenters. The molecule has 0 aromatic heterocycles. The smallest absolute Gasteiger partial charge is 0.248 e. The van der Waals surface area contributed by atoms with Crippen molar-refractivity contribution in [3.63, 3.8) is 0 Å². The summed E-state index contributed by atoms with van der Waals surface area (Å²) in [4.78, 5) is 24.3. The van der Waals surface area contributed by atoms with Crippen LogP contribution in [0.3, 0.4) is 0 Å². The Balaban J connectivity index is 1.97. The number of carbonyl (C=O) groups is 2. The average molecular weight is 380 g/mol. The topological polar surface area (TPSA) is 81.4 Å². The molecule has 0 unspecified atom stereocenters. The number of aryl methyl sites for hydroxylation is 1. The first-order valence-electron chi connectivity index (χ1n) is 9.43. The normalized spacial score (nSPS) is 13.1. The van der Waals surface area contributed by atoms with E-state index in [1.807, 2.05) is 24.3 Å². The second-order valence-electron chi connectivity index (χ2n) is 6.82. The van der Waals surface area contributed by atoms with Crippen molar-refractivity contribution in [1.82, 2.24) is 0 Å². The molecule has 5 heteroatoms. The molecule has 28 heavy (non-hydrogen) atoms. The summed E-state index contributed by atoms with van der Waals surface area (Å²) in [5.74, 6) is 0.450. The Bertz CT molecular complexity index is 783. The van der Waals surface area contributed by atoms with Gasteiger partial charge in [-0.05, 0) is 61.6 Å². The van der Waals surface area contributed by atoms with Crippen molar-refractivity contribution in [2.45, 2.75) is 32.2 Å². The molecule has 0 saturated heterocycles. The monoisotopic (exact) mass is 380 g/mol. The lowest BCUT2D eigenvalue weighted by Crippen LogP contribution is -2.28. The van der Waals surface area contributed by atoms with Crippen LogP contribution in [0.1, 0.15) is 25.3 Å². The van der Waals surface area contributed by atoms with Crippen LogP contribution in [0.4, 0.5) is 5.69 Å². The molecule has 0 bridgehead atoms. The summed E-state index contributed by atoms with van der Waals surface area (Å²) < 4.78 is 5.10. The molecule has 0 heterocycles. The number of hydrogen-bond acceptors (Lipinski definition) is 4. The van der Waals surface area contributed by atoms with Crippen LogP contribution in [0, 0.1) is 5.92 Å². The fraction of sp³-hybridized carbons (Fsp3) is 0.304. The number of methoxy groups -OCH3 is 1. The third-order valence-electron chi connectivity index (χ3n) is 4.50. The van der Waals surface area contributed by atoms with E-state index < -0.39 is 6.04 Å². The number of anilines is 1. The largest absolute Gasteiger partial charge is 0.497 e. The van der Waals surface area contributed by atoms with E-state index >= 15 is 0 Å². The van der Waals surface area contributed by atoms with E-state index in [2.05, 4.69) is 17.4 Å². The summed E-state index contributed by atoms with van der Waals surface area (Å²) in [5, 5.41) is 2.81. The molecule has 2 aromatic carbocycles. The lowest BCUT2D eigenvalue weighted by molar-refractivity contribution is -0.120. The Kier molecular flexibility index (Phi) is 8.43. The Morgan fingerprint density at radius 3 is 2.39 bits per heavy atom. The van der Waals surface area contributed by atoms with Crippen molar-refractivity contribution in [2.75, 3.05) is 12.4 Å². The molecule has 3 N–H and O–H groups in total. The molecule has 0 saturated carbocycles. The van der Waals surface area contributed by atoms with Crippen LogP contribution >= 0.6 is 0 Å². The quantitative estimate of drug-likeness (QED) is 0.615. The zero-order chi connectivity index (χ0) is 20.4. The van der Waals surface area contributed by atoms with Gasteiger partial charge in [0.1, 0.15) is 11.5 Å². The lowest BCUT2D eigenvalue weighted by Gasteiger charge is -2.14. The number of rotatable bonds is 10. The van der Waals surface area contributed by atoms with Crippen molar-refractivity contribution in [3.8, 4) is 5.75 Å². The van der Waals surface area contributed by atoms with Gasteiger partial charge in [-0.2, -0.15) is 0 Å². The minimum atomic E-state index is -0.499. The van der Waals surface area contributed by atoms with Crippen LogP contribution < -0.4 is 15.8 Å². The third-order valence-corrected chi connectivity index (χ3v) is 4.50. The summed E-state index contributed by atoms with van der Waals surface area (Å²) in [6.45, 7) is 1.69. The number of nitrogens with one attached hydrogen (secondary N) is 1. The molecular weight excluding hydrogens is 352 g/mol. The van der Waals surface area contributed by atoms with Crippen molar-refractivity contribution >= 4 is 17.4 Å². The fourth-order valence-electron chi connectivity index (χ4n) is 2.79. The van der Waals surface area contributed by atoms with Gasteiger partial charge in [-0.15, -0.1) is 0 Å². The number of carbonyl (C=O) groups excluding carboxylic acids is 2. The molecule has 0 spiro atoms. The standard InChI is InChI=1S/C23H28N2O3/c1-17(24)22(26)16-19(9-8-18-6-4-3-5-7-18)10-15-23(27)25-20-11-13-21(28-2)14-12-20/h3-7,10-15,17,19H,8-9,16,24H2,1-2H3,(H,25,27)/b15-10+/t17-,19-/m0/s1. The van der Waals surface area contributed by atoms with E-state index in [4.69, 9.17) is 10.5 Å². The van der Waals surface area contributed by atoms with E-state index in [1.165, 1.54) is 11.6 Å². The second kappa shape index (κ2) is 11.0. The predicted molar refractivity (Wildman–Crippen MR) is 112 cm³/mol. The highest BCUT2D eigenvalue weighted by molar-refractivity contribution is 5.99. The van der Waals surface area contributed by atoms with Crippen LogP contribution in [-0.2, 0) is 16.0 Å². The van der Waals surface area contributed by atoms with Crippen molar-refractivity contribution in [2.24, 2.45) is 11.7 Å². The summed E-state index contributed by atoms with van der Waals surface area (Å²) in [5.41, 5.74) is 7.60. The van der Waals surface area contributed by atoms with Crippen LogP contribution in [0.25, 0.3) is 0 Å². The number of amides is 1. The minimum Gasteiger partial charge on any atom is -0.497 e. The van der Waals surface area contributed by atoms with E-state index in [0.717, 1.165) is 18.6 Å². The second-order valence-corrected chi connectivity index (χ2v) is 6.82. The molecule has 2 aromatic rings. The van der Waals surface area contributed by atoms with Gasteiger partial charge in [0.15, 0.2) is 0 Å². The Hall–Kier alpha value is -2.92. The van der Waals surface area contributed by atoms with Crippen LogP contribution in [0.5, 0.6) is 5.75 Å². The van der Waals surface area contributed by atoms with E-state index in [9.17, 15) is 9.59 Å². The molecule has 0 aliphatic rings. The highest BCUT2D eigenvalue weighted by Gasteiger charge is 2.15. The fourth-order valence-corrected chi connectivity index (χ4v) is 2.79. The lowest BCUT2D eigenvalue weighted by atomic mass is 9.92. The maximum absolute atomic E-state index is 12.2. The number of Topliss-reactive ketones (excluding diaryl/α,β-unsaturated/α-hetero) is 1. The molecule has 0 aliphatic carbocycles. The SMILES string of the molecule is COc1ccc(NC(=O)/C=C/[C@H](CCc2ccccc2)CC(=O)[C@H](C)N)cc1. The minimum absolute atomic E-state index is 0.00160. The Morgan fingerprint density at radius 1 is 1.11 bits per heavy atom. The highest BCUT2D eigenvalue weighted by atomic mass is 16.5. The molecule has 148 valence electrons. The van der Waals surface area contributed by atoms with E-state index in [-0.39, 0.29) is 17.6 Å². The summed E-state index contributed by atoms with van der Waals surface area (Å²) >= 11 is 0. The van der Waals surface area contributed by atoms with Crippen molar-refractivity contribution < 1.29 is 14.3 Å². The van der Waals surface area contributed by atoms with Gasteiger partial charge in [-0.3, -0.25) is 9.59 Å². The van der Waals surface area contributed by atoms with Crippen molar-refractivity contribution in [1.29, 1.82) is 0 Å². The number of benzene rings is 2. The first kappa shape index (κ1) is 21.4. The average Bonchev–Trinajstić information content (AvgIpc) is 2.71. The number of nitrogens with two attached hydrogens (primary N) is 1. The molecule has 2 rings (SSSR count). The first-order valence-corrected chi connectivity index (χ1v) is 9.43. The summed E-state index contributed by atoms with van der Waals surface area (Å²) in [6, 6.07) is 16.7. The van der Waals surface area contributed by atoms with Crippen LogP contribution in [0.15, 0.2) is 66.7 Å².